The first kappa shape index (κ1) is 15.3. The van der Waals surface area contributed by atoms with Crippen molar-refractivity contribution in [2.45, 2.75) is 59.1 Å². The molecule has 0 aromatic carbocycles. The molecule has 1 aromatic rings. The Hall–Kier alpha value is -1.14. The molecule has 1 heterocycles. The molecule has 0 bridgehead atoms. The predicted octanol–water partition coefficient (Wildman–Crippen LogP) is 3.25. The second kappa shape index (κ2) is 4.70. The van der Waals surface area contributed by atoms with E-state index in [9.17, 15) is 4.79 Å². The second-order valence-corrected chi connectivity index (χ2v) is 7.95. The number of nitrogens with two attached hydrogens (primary N) is 1. The van der Waals surface area contributed by atoms with Gasteiger partial charge >= 0.3 is 6.09 Å². The Morgan fingerprint density at radius 3 is 2.45 bits per heavy atom. The van der Waals surface area contributed by atoms with Gasteiger partial charge in [-0.2, -0.15) is 0 Å². The molecule has 20 heavy (non-hydrogen) atoms. The van der Waals surface area contributed by atoms with Crippen LogP contribution < -0.4 is 11.1 Å². The first-order valence-electron chi connectivity index (χ1n) is 6.75. The largest absolute Gasteiger partial charge is 0.444 e. The quantitative estimate of drug-likeness (QED) is 0.878. The minimum absolute atomic E-state index is 0.112. The van der Waals surface area contributed by atoms with Gasteiger partial charge in [0.25, 0.3) is 0 Å². The summed E-state index contributed by atoms with van der Waals surface area (Å²) in [6.07, 6.45) is -0.475. The smallest absolute Gasteiger partial charge is 0.413 e. The van der Waals surface area contributed by atoms with Gasteiger partial charge in [0.15, 0.2) is 5.13 Å². The molecule has 3 N–H and O–H groups in total. The van der Waals surface area contributed by atoms with E-state index in [1.807, 2.05) is 27.7 Å². The summed E-state index contributed by atoms with van der Waals surface area (Å²) in [6.45, 7) is 11.8. The number of anilines is 1. The average Bonchev–Trinajstić information content (AvgIpc) is 2.57. The molecule has 0 aliphatic heterocycles. The van der Waals surface area contributed by atoms with Crippen LogP contribution in [0.3, 0.4) is 0 Å². The molecule has 2 rings (SSSR count). The van der Waals surface area contributed by atoms with E-state index >= 15 is 0 Å². The van der Waals surface area contributed by atoms with Crippen molar-refractivity contribution >= 4 is 22.6 Å². The van der Waals surface area contributed by atoms with Gasteiger partial charge in [-0.25, -0.2) is 9.78 Å². The fraction of sp³-hybridized carbons (Fsp3) is 0.714. The summed E-state index contributed by atoms with van der Waals surface area (Å²) in [4.78, 5) is 17.3. The Morgan fingerprint density at radius 1 is 1.45 bits per heavy atom. The number of carbonyl (C=O) groups excluding carboxylic acids is 1. The molecule has 1 amide bonds. The van der Waals surface area contributed by atoms with E-state index < -0.39 is 11.7 Å². The molecule has 2 atom stereocenters. The number of carbonyl (C=O) groups is 1. The van der Waals surface area contributed by atoms with Crippen LogP contribution >= 0.6 is 11.3 Å². The van der Waals surface area contributed by atoms with Gasteiger partial charge in [0.1, 0.15) is 5.60 Å². The van der Waals surface area contributed by atoms with E-state index in [1.165, 1.54) is 11.3 Å². The number of rotatable bonds is 2. The third-order valence-corrected chi connectivity index (χ3v) is 4.79. The number of aromatic nitrogens is 1. The zero-order valence-electron chi connectivity index (χ0n) is 12.9. The molecular weight excluding hydrogens is 274 g/mol. The minimum atomic E-state index is -0.514. The summed E-state index contributed by atoms with van der Waals surface area (Å²) in [5.74, 6) is 0.328. The van der Waals surface area contributed by atoms with Gasteiger partial charge in [-0.05, 0) is 33.1 Å². The lowest BCUT2D eigenvalue weighted by Crippen LogP contribution is -2.27. The van der Waals surface area contributed by atoms with Crippen LogP contribution in [0.25, 0.3) is 0 Å². The molecule has 1 fully saturated rings. The van der Waals surface area contributed by atoms with Crippen LogP contribution in [0.5, 0.6) is 0 Å². The van der Waals surface area contributed by atoms with Gasteiger partial charge in [-0.3, -0.25) is 5.32 Å². The van der Waals surface area contributed by atoms with Gasteiger partial charge in [0.2, 0.25) is 0 Å². The molecule has 2 unspecified atom stereocenters. The lowest BCUT2D eigenvalue weighted by molar-refractivity contribution is 0.0636. The number of thiazole rings is 1. The first-order valence-corrected chi connectivity index (χ1v) is 7.57. The SMILES string of the molecule is Cc1nc(NC(=O)OC(C)(C)C)sc1C1C(N)C1(C)C. The van der Waals surface area contributed by atoms with Crippen LogP contribution in [0.2, 0.25) is 0 Å². The molecule has 5 nitrogen and oxygen atoms in total. The number of hydrogen-bond donors (Lipinski definition) is 2. The Morgan fingerprint density at radius 2 is 2.00 bits per heavy atom. The predicted molar refractivity (Wildman–Crippen MR) is 81.2 cm³/mol. The molecule has 0 spiro atoms. The van der Waals surface area contributed by atoms with Crippen LogP contribution in [0.4, 0.5) is 9.93 Å². The van der Waals surface area contributed by atoms with Crippen LogP contribution in [0, 0.1) is 12.3 Å². The van der Waals surface area contributed by atoms with Crippen LogP contribution in [-0.2, 0) is 4.74 Å². The van der Waals surface area contributed by atoms with E-state index in [0.29, 0.717) is 11.0 Å². The molecule has 1 aromatic heterocycles. The summed E-state index contributed by atoms with van der Waals surface area (Å²) < 4.78 is 5.22. The fourth-order valence-electron chi connectivity index (χ4n) is 2.32. The Labute approximate surface area is 123 Å². The van der Waals surface area contributed by atoms with E-state index in [0.717, 1.165) is 10.6 Å². The molecule has 0 radical (unpaired) electrons. The number of ether oxygens (including phenoxy) is 1. The van der Waals surface area contributed by atoms with Gasteiger partial charge in [0.05, 0.1) is 5.69 Å². The van der Waals surface area contributed by atoms with Crippen molar-refractivity contribution < 1.29 is 9.53 Å². The monoisotopic (exact) mass is 297 g/mol. The van der Waals surface area contributed by atoms with Crippen LogP contribution in [0.15, 0.2) is 0 Å². The van der Waals surface area contributed by atoms with E-state index in [1.54, 1.807) is 0 Å². The highest BCUT2D eigenvalue weighted by Crippen LogP contribution is 2.59. The molecule has 112 valence electrons. The number of aryl methyl sites for hydroxylation is 1. The van der Waals surface area contributed by atoms with Gasteiger partial charge in [0, 0.05) is 16.8 Å². The van der Waals surface area contributed by atoms with Crippen molar-refractivity contribution in [3.63, 3.8) is 0 Å². The Kier molecular flexibility index (Phi) is 3.59. The van der Waals surface area contributed by atoms with Crippen LogP contribution in [-0.4, -0.2) is 22.7 Å². The van der Waals surface area contributed by atoms with Gasteiger partial charge < -0.3 is 10.5 Å². The normalized spacial score (nSPS) is 24.4. The van der Waals surface area contributed by atoms with Crippen molar-refractivity contribution in [2.75, 3.05) is 5.32 Å². The fourth-order valence-corrected chi connectivity index (χ4v) is 3.62. The third-order valence-electron chi connectivity index (χ3n) is 3.63. The first-order chi connectivity index (χ1) is 9.02. The highest BCUT2D eigenvalue weighted by Gasteiger charge is 2.57. The van der Waals surface area contributed by atoms with E-state index in [4.69, 9.17) is 10.5 Å². The van der Waals surface area contributed by atoms with Gasteiger partial charge in [-0.15, -0.1) is 11.3 Å². The topological polar surface area (TPSA) is 77.2 Å². The van der Waals surface area contributed by atoms with Gasteiger partial charge in [-0.1, -0.05) is 13.8 Å². The third kappa shape index (κ3) is 2.96. The highest BCUT2D eigenvalue weighted by molar-refractivity contribution is 7.16. The summed E-state index contributed by atoms with van der Waals surface area (Å²) in [5, 5.41) is 3.26. The Balaban J connectivity index is 2.07. The average molecular weight is 297 g/mol. The van der Waals surface area contributed by atoms with Crippen molar-refractivity contribution in [3.8, 4) is 0 Å². The standard InChI is InChI=1S/C14H23N3O2S/c1-7-9(8-10(15)14(8,5)6)20-11(16-7)17-12(18)19-13(2,3)4/h8,10H,15H2,1-6H3,(H,16,17,18). The molecular formula is C14H23N3O2S. The molecule has 1 aliphatic carbocycles. The summed E-state index contributed by atoms with van der Waals surface area (Å²) in [6, 6.07) is 0.163. The zero-order valence-corrected chi connectivity index (χ0v) is 13.7. The lowest BCUT2D eigenvalue weighted by atomic mass is 10.1. The van der Waals surface area contributed by atoms with Crippen molar-refractivity contribution in [3.05, 3.63) is 10.6 Å². The maximum absolute atomic E-state index is 11.7. The number of amides is 1. The summed E-state index contributed by atoms with van der Waals surface area (Å²) >= 11 is 1.49. The highest BCUT2D eigenvalue weighted by atomic mass is 32.1. The number of nitrogens with one attached hydrogen (secondary N) is 1. The molecule has 1 saturated carbocycles. The molecule has 0 saturated heterocycles. The second-order valence-electron chi connectivity index (χ2n) is 6.92. The molecule has 6 heteroatoms. The van der Waals surface area contributed by atoms with Crippen molar-refractivity contribution in [1.29, 1.82) is 0 Å². The maximum Gasteiger partial charge on any atom is 0.413 e. The van der Waals surface area contributed by atoms with E-state index in [-0.39, 0.29) is 11.5 Å². The van der Waals surface area contributed by atoms with Crippen LogP contribution in [0.1, 0.15) is 51.1 Å². The minimum Gasteiger partial charge on any atom is -0.444 e. The lowest BCUT2D eigenvalue weighted by Gasteiger charge is -2.18. The number of nitrogens with zero attached hydrogens (tertiary/aromatic N) is 1. The summed E-state index contributed by atoms with van der Waals surface area (Å²) in [7, 11) is 0. The van der Waals surface area contributed by atoms with Crippen molar-refractivity contribution in [1.82, 2.24) is 4.98 Å². The number of hydrogen-bond acceptors (Lipinski definition) is 5. The summed E-state index contributed by atoms with van der Waals surface area (Å²) in [5.41, 5.74) is 6.64. The molecule has 1 aliphatic rings. The van der Waals surface area contributed by atoms with E-state index in [2.05, 4.69) is 24.1 Å². The Bertz CT molecular complexity index is 531. The zero-order chi connectivity index (χ0) is 15.3. The van der Waals surface area contributed by atoms with Crippen molar-refractivity contribution in [2.24, 2.45) is 11.1 Å². The maximum atomic E-state index is 11.7.